The van der Waals surface area contributed by atoms with Crippen LogP contribution in [0.3, 0.4) is 0 Å². The van der Waals surface area contributed by atoms with E-state index in [-0.39, 0.29) is 11.5 Å². The summed E-state index contributed by atoms with van der Waals surface area (Å²) in [7, 11) is 0. The van der Waals surface area contributed by atoms with Crippen LogP contribution in [0.2, 0.25) is 0 Å². The summed E-state index contributed by atoms with van der Waals surface area (Å²) in [5.41, 5.74) is 0. The van der Waals surface area contributed by atoms with E-state index >= 15 is 0 Å². The number of phenols is 2. The van der Waals surface area contributed by atoms with Crippen LogP contribution >= 0.6 is 0 Å². The molecule has 0 saturated carbocycles. The summed E-state index contributed by atoms with van der Waals surface area (Å²) in [4.78, 5) is 0. The molecule has 120 valence electrons. The fourth-order valence-corrected chi connectivity index (χ4v) is 2.28. The number of benzene rings is 2. The fourth-order valence-electron chi connectivity index (χ4n) is 2.28. The number of hydrogen-bond acceptors (Lipinski definition) is 4. The molecule has 0 radical (unpaired) electrons. The Morgan fingerprint density at radius 3 is 1.55 bits per heavy atom. The molecular weight excluding hydrogens is 280 g/mol. The van der Waals surface area contributed by atoms with Gasteiger partial charge in [0.15, 0.2) is 11.5 Å². The van der Waals surface area contributed by atoms with Gasteiger partial charge >= 0.3 is 0 Å². The van der Waals surface area contributed by atoms with Crippen LogP contribution in [-0.2, 0) is 0 Å². The number of hydrogen-bond donors (Lipinski definition) is 2. The molecule has 22 heavy (non-hydrogen) atoms. The van der Waals surface area contributed by atoms with Gasteiger partial charge < -0.3 is 19.7 Å². The van der Waals surface area contributed by atoms with Gasteiger partial charge in [-0.3, -0.25) is 0 Å². The van der Waals surface area contributed by atoms with E-state index in [0.29, 0.717) is 24.7 Å². The van der Waals surface area contributed by atoms with E-state index in [0.717, 1.165) is 36.5 Å². The molecule has 0 fully saturated rings. The highest BCUT2D eigenvalue weighted by molar-refractivity contribution is 5.98. The van der Waals surface area contributed by atoms with Gasteiger partial charge in [-0.2, -0.15) is 0 Å². The number of ether oxygens (including phenoxy) is 2. The van der Waals surface area contributed by atoms with Crippen molar-refractivity contribution >= 4 is 10.8 Å². The fraction of sp³-hybridized carbons (Fsp3) is 0.444. The second-order valence-corrected chi connectivity index (χ2v) is 5.31. The van der Waals surface area contributed by atoms with Gasteiger partial charge in [0.1, 0.15) is 0 Å². The smallest absolute Gasteiger partial charge is 0.205 e. The van der Waals surface area contributed by atoms with Crippen molar-refractivity contribution < 1.29 is 19.7 Å². The first-order valence-electron chi connectivity index (χ1n) is 7.92. The van der Waals surface area contributed by atoms with Gasteiger partial charge in [0.2, 0.25) is 11.5 Å². The number of fused-ring (bicyclic) bond motifs is 1. The van der Waals surface area contributed by atoms with Crippen LogP contribution in [0.1, 0.15) is 39.5 Å². The Morgan fingerprint density at radius 1 is 0.773 bits per heavy atom. The lowest BCUT2D eigenvalue weighted by atomic mass is 10.1. The first-order chi connectivity index (χ1) is 10.7. The van der Waals surface area contributed by atoms with Crippen molar-refractivity contribution in [3.63, 3.8) is 0 Å². The largest absolute Gasteiger partial charge is 0.502 e. The minimum atomic E-state index is -0.249. The Hall–Kier alpha value is -2.10. The maximum atomic E-state index is 10.3. The monoisotopic (exact) mass is 304 g/mol. The zero-order valence-electron chi connectivity index (χ0n) is 13.3. The maximum Gasteiger partial charge on any atom is 0.205 e. The van der Waals surface area contributed by atoms with Crippen LogP contribution in [0.4, 0.5) is 0 Å². The minimum Gasteiger partial charge on any atom is -0.502 e. The maximum absolute atomic E-state index is 10.3. The summed E-state index contributed by atoms with van der Waals surface area (Å²) in [5.74, 6) is 0.149. The molecule has 2 aromatic rings. The highest BCUT2D eigenvalue weighted by atomic mass is 16.5. The van der Waals surface area contributed by atoms with Gasteiger partial charge in [0.25, 0.3) is 0 Å². The topological polar surface area (TPSA) is 58.9 Å². The van der Waals surface area contributed by atoms with Gasteiger partial charge in [-0.15, -0.1) is 0 Å². The number of rotatable bonds is 8. The average Bonchev–Trinajstić information content (AvgIpc) is 2.54. The Bertz CT molecular complexity index is 568. The molecule has 2 N–H and O–H groups in total. The van der Waals surface area contributed by atoms with Crippen LogP contribution < -0.4 is 9.47 Å². The van der Waals surface area contributed by atoms with E-state index in [4.69, 9.17) is 9.47 Å². The Kier molecular flexibility index (Phi) is 5.75. The van der Waals surface area contributed by atoms with Crippen LogP contribution in [-0.4, -0.2) is 23.4 Å². The summed E-state index contributed by atoms with van der Waals surface area (Å²) < 4.78 is 11.4. The molecule has 0 unspecified atom stereocenters. The van der Waals surface area contributed by atoms with E-state index in [1.54, 1.807) is 0 Å². The third kappa shape index (κ3) is 3.38. The zero-order valence-corrected chi connectivity index (χ0v) is 13.3. The molecule has 4 heteroatoms. The Balaban J connectivity index is 2.44. The average molecular weight is 304 g/mol. The standard InChI is InChI=1S/C18H24O4/c1-3-5-11-21-17-13-9-7-8-10-14(13)18(16(20)15(17)19)22-12-6-4-2/h7-10,19-20H,3-6,11-12H2,1-2H3. The van der Waals surface area contributed by atoms with Crippen molar-refractivity contribution in [1.82, 2.24) is 0 Å². The summed E-state index contributed by atoms with van der Waals surface area (Å²) in [5, 5.41) is 22.1. The first-order valence-corrected chi connectivity index (χ1v) is 7.92. The highest BCUT2D eigenvalue weighted by Crippen LogP contribution is 2.49. The number of aromatic hydroxyl groups is 2. The van der Waals surface area contributed by atoms with Crippen LogP contribution in [0.25, 0.3) is 10.8 Å². The molecule has 0 heterocycles. The van der Waals surface area contributed by atoms with Gasteiger partial charge in [-0.05, 0) is 12.8 Å². The molecule has 0 atom stereocenters. The molecule has 0 aliphatic carbocycles. The molecule has 0 aromatic heterocycles. The number of unbranched alkanes of at least 4 members (excludes halogenated alkanes) is 2. The summed E-state index contributed by atoms with van der Waals surface area (Å²) in [6.07, 6.45) is 3.79. The lowest BCUT2D eigenvalue weighted by molar-refractivity contribution is 0.274. The molecular formula is C18H24O4. The van der Waals surface area contributed by atoms with Crippen molar-refractivity contribution in [3.8, 4) is 23.0 Å². The summed E-state index contributed by atoms with van der Waals surface area (Å²) in [6, 6.07) is 7.48. The van der Waals surface area contributed by atoms with E-state index < -0.39 is 0 Å². The quantitative estimate of drug-likeness (QED) is 0.552. The lowest BCUT2D eigenvalue weighted by Gasteiger charge is -2.17. The Labute approximate surface area is 131 Å². The predicted octanol–water partition coefficient (Wildman–Crippen LogP) is 4.61. The van der Waals surface area contributed by atoms with Crippen molar-refractivity contribution in [1.29, 1.82) is 0 Å². The lowest BCUT2D eigenvalue weighted by Crippen LogP contribution is -2.01. The minimum absolute atomic E-state index is 0.249. The van der Waals surface area contributed by atoms with Crippen molar-refractivity contribution in [3.05, 3.63) is 24.3 Å². The molecule has 0 bridgehead atoms. The third-order valence-corrected chi connectivity index (χ3v) is 3.56. The first kappa shape index (κ1) is 16.3. The van der Waals surface area contributed by atoms with Crippen LogP contribution in [0.15, 0.2) is 24.3 Å². The summed E-state index contributed by atoms with van der Waals surface area (Å²) in [6.45, 7) is 5.15. The molecule has 0 aliphatic heterocycles. The van der Waals surface area contributed by atoms with Crippen LogP contribution in [0, 0.1) is 0 Å². The molecule has 0 amide bonds. The van der Waals surface area contributed by atoms with Crippen molar-refractivity contribution in [2.24, 2.45) is 0 Å². The van der Waals surface area contributed by atoms with Crippen LogP contribution in [0.5, 0.6) is 23.0 Å². The molecule has 2 aromatic carbocycles. The van der Waals surface area contributed by atoms with E-state index in [2.05, 4.69) is 13.8 Å². The number of phenolic OH excluding ortho intramolecular Hbond substituents is 2. The van der Waals surface area contributed by atoms with Gasteiger partial charge in [0.05, 0.1) is 13.2 Å². The van der Waals surface area contributed by atoms with Gasteiger partial charge in [-0.1, -0.05) is 51.0 Å². The molecule has 0 aliphatic rings. The second-order valence-electron chi connectivity index (χ2n) is 5.31. The van der Waals surface area contributed by atoms with Gasteiger partial charge in [0, 0.05) is 10.8 Å². The zero-order chi connectivity index (χ0) is 15.9. The molecule has 4 nitrogen and oxygen atoms in total. The molecule has 2 rings (SSSR count). The van der Waals surface area contributed by atoms with E-state index in [1.165, 1.54) is 0 Å². The van der Waals surface area contributed by atoms with Crippen molar-refractivity contribution in [2.45, 2.75) is 39.5 Å². The normalized spacial score (nSPS) is 10.8. The molecule has 0 saturated heterocycles. The predicted molar refractivity (Wildman–Crippen MR) is 88.1 cm³/mol. The van der Waals surface area contributed by atoms with E-state index in [9.17, 15) is 10.2 Å². The second kappa shape index (κ2) is 7.78. The van der Waals surface area contributed by atoms with Crippen molar-refractivity contribution in [2.75, 3.05) is 13.2 Å². The SMILES string of the molecule is CCCCOc1c(O)c(O)c(OCCCC)c2ccccc12. The Morgan fingerprint density at radius 2 is 1.18 bits per heavy atom. The summed E-state index contributed by atoms with van der Waals surface area (Å²) >= 11 is 0. The molecule has 0 spiro atoms. The van der Waals surface area contributed by atoms with Gasteiger partial charge in [-0.25, -0.2) is 0 Å². The highest BCUT2D eigenvalue weighted by Gasteiger charge is 2.20. The van der Waals surface area contributed by atoms with E-state index in [1.807, 2.05) is 24.3 Å². The third-order valence-electron chi connectivity index (χ3n) is 3.56.